The predicted molar refractivity (Wildman–Crippen MR) is 95.0 cm³/mol. The topological polar surface area (TPSA) is 41.5 Å². The van der Waals surface area contributed by atoms with Gasteiger partial charge in [0, 0.05) is 49.3 Å². The minimum Gasteiger partial charge on any atom is -0.481 e. The minimum absolute atomic E-state index is 0.467. The summed E-state index contributed by atoms with van der Waals surface area (Å²) in [6.45, 7) is 1.96. The molecule has 0 saturated carbocycles. The second kappa shape index (κ2) is 7.73. The zero-order chi connectivity index (χ0) is 16.9. The SMILES string of the molecule is COc1ncccc1CN1CC[C@@H](N(C)C)[C@@H]1Cc1cccnc1. The lowest BCUT2D eigenvalue weighted by molar-refractivity contribution is 0.176. The highest BCUT2D eigenvalue weighted by Crippen LogP contribution is 2.28. The summed E-state index contributed by atoms with van der Waals surface area (Å²) in [7, 11) is 6.04. The maximum atomic E-state index is 5.43. The lowest BCUT2D eigenvalue weighted by Crippen LogP contribution is -2.43. The third-order valence-corrected chi connectivity index (χ3v) is 4.87. The largest absolute Gasteiger partial charge is 0.481 e. The van der Waals surface area contributed by atoms with Crippen molar-refractivity contribution in [2.45, 2.75) is 31.5 Å². The summed E-state index contributed by atoms with van der Waals surface area (Å²) >= 11 is 0. The molecule has 0 bridgehead atoms. The van der Waals surface area contributed by atoms with E-state index >= 15 is 0 Å². The third kappa shape index (κ3) is 3.74. The second-order valence-electron chi connectivity index (χ2n) is 6.59. The highest BCUT2D eigenvalue weighted by molar-refractivity contribution is 5.26. The predicted octanol–water partition coefficient (Wildman–Crippen LogP) is 2.23. The highest BCUT2D eigenvalue weighted by atomic mass is 16.5. The number of aromatic nitrogens is 2. The van der Waals surface area contributed by atoms with Crippen molar-refractivity contribution in [3.63, 3.8) is 0 Å². The van der Waals surface area contributed by atoms with Crippen LogP contribution in [0.1, 0.15) is 17.5 Å². The van der Waals surface area contributed by atoms with Gasteiger partial charge in [-0.15, -0.1) is 0 Å². The number of methoxy groups -OCH3 is 1. The van der Waals surface area contributed by atoms with Crippen LogP contribution in [0.25, 0.3) is 0 Å². The molecule has 2 aromatic heterocycles. The van der Waals surface area contributed by atoms with Crippen molar-refractivity contribution in [2.75, 3.05) is 27.7 Å². The molecule has 24 heavy (non-hydrogen) atoms. The Hall–Kier alpha value is -1.98. The summed E-state index contributed by atoms with van der Waals surface area (Å²) in [5.41, 5.74) is 2.44. The molecule has 5 heteroatoms. The highest BCUT2D eigenvalue weighted by Gasteiger charge is 2.35. The van der Waals surface area contributed by atoms with Crippen LogP contribution in [-0.2, 0) is 13.0 Å². The van der Waals surface area contributed by atoms with Gasteiger partial charge in [-0.05, 0) is 44.6 Å². The van der Waals surface area contributed by atoms with Crippen LogP contribution in [0, 0.1) is 0 Å². The molecule has 3 rings (SSSR count). The van der Waals surface area contributed by atoms with Crippen LogP contribution in [-0.4, -0.2) is 59.6 Å². The number of ether oxygens (including phenoxy) is 1. The van der Waals surface area contributed by atoms with Gasteiger partial charge in [0.2, 0.25) is 5.88 Å². The van der Waals surface area contributed by atoms with E-state index in [2.05, 4.69) is 46.0 Å². The Kier molecular flexibility index (Phi) is 5.43. The molecule has 0 N–H and O–H groups in total. The van der Waals surface area contributed by atoms with E-state index in [1.54, 1.807) is 13.3 Å². The van der Waals surface area contributed by atoms with Gasteiger partial charge < -0.3 is 9.64 Å². The monoisotopic (exact) mass is 326 g/mol. The van der Waals surface area contributed by atoms with E-state index in [4.69, 9.17) is 4.74 Å². The van der Waals surface area contributed by atoms with E-state index in [1.807, 2.05) is 24.5 Å². The Bertz CT molecular complexity index is 647. The molecule has 1 saturated heterocycles. The van der Waals surface area contributed by atoms with Gasteiger partial charge in [-0.25, -0.2) is 4.98 Å². The number of likely N-dealkylation sites (tertiary alicyclic amines) is 1. The summed E-state index contributed by atoms with van der Waals surface area (Å²) in [4.78, 5) is 13.5. The molecule has 128 valence electrons. The van der Waals surface area contributed by atoms with Crippen LogP contribution in [0.5, 0.6) is 5.88 Å². The lowest BCUT2D eigenvalue weighted by atomic mass is 10.00. The molecule has 1 fully saturated rings. The van der Waals surface area contributed by atoms with Gasteiger partial charge >= 0.3 is 0 Å². The molecule has 0 radical (unpaired) electrons. The molecule has 5 nitrogen and oxygen atoms in total. The molecule has 0 unspecified atom stereocenters. The fourth-order valence-corrected chi connectivity index (χ4v) is 3.67. The average molecular weight is 326 g/mol. The molecule has 0 aliphatic carbocycles. The number of likely N-dealkylation sites (N-methyl/N-ethyl adjacent to an activating group) is 1. The van der Waals surface area contributed by atoms with Gasteiger partial charge in [0.25, 0.3) is 0 Å². The molecular formula is C19H26N4O. The molecule has 0 spiro atoms. The molecule has 0 amide bonds. The van der Waals surface area contributed by atoms with E-state index in [-0.39, 0.29) is 0 Å². The molecule has 1 aliphatic heterocycles. The summed E-state index contributed by atoms with van der Waals surface area (Å²) < 4.78 is 5.43. The Morgan fingerprint density at radius 1 is 1.25 bits per heavy atom. The van der Waals surface area contributed by atoms with Crippen molar-refractivity contribution in [2.24, 2.45) is 0 Å². The van der Waals surface area contributed by atoms with Crippen LogP contribution in [0.4, 0.5) is 0 Å². The standard InChI is InChI=1S/C19H26N4O/c1-22(2)17-8-11-23(14-16-7-5-10-21-19(16)24-3)18(17)12-15-6-4-9-20-13-15/h4-7,9-10,13,17-18H,8,11-12,14H2,1-3H3/t17-,18+/m1/s1. The summed E-state index contributed by atoms with van der Waals surface area (Å²) in [5.74, 6) is 0.728. The Balaban J connectivity index is 1.80. The normalized spacial score (nSPS) is 21.3. The van der Waals surface area contributed by atoms with Crippen molar-refractivity contribution in [1.82, 2.24) is 19.8 Å². The van der Waals surface area contributed by atoms with Gasteiger partial charge in [-0.1, -0.05) is 12.1 Å². The van der Waals surface area contributed by atoms with E-state index < -0.39 is 0 Å². The first-order chi connectivity index (χ1) is 11.7. The van der Waals surface area contributed by atoms with Crippen molar-refractivity contribution < 1.29 is 4.74 Å². The summed E-state index contributed by atoms with van der Waals surface area (Å²) in [6.07, 6.45) is 7.79. The first-order valence-corrected chi connectivity index (χ1v) is 8.46. The molecule has 1 aliphatic rings. The van der Waals surface area contributed by atoms with Crippen LogP contribution < -0.4 is 4.74 Å². The fraction of sp³-hybridized carbons (Fsp3) is 0.474. The molecular weight excluding hydrogens is 300 g/mol. The summed E-state index contributed by atoms with van der Waals surface area (Å²) in [5, 5.41) is 0. The first kappa shape index (κ1) is 16.9. The molecule has 0 aromatic carbocycles. The number of hydrogen-bond acceptors (Lipinski definition) is 5. The maximum absolute atomic E-state index is 5.43. The van der Waals surface area contributed by atoms with E-state index in [1.165, 1.54) is 12.0 Å². The minimum atomic E-state index is 0.467. The first-order valence-electron chi connectivity index (χ1n) is 8.46. The Labute approximate surface area is 144 Å². The van der Waals surface area contributed by atoms with Gasteiger partial charge in [0.05, 0.1) is 7.11 Å². The van der Waals surface area contributed by atoms with Crippen LogP contribution >= 0.6 is 0 Å². The number of pyridine rings is 2. The smallest absolute Gasteiger partial charge is 0.217 e. The maximum Gasteiger partial charge on any atom is 0.217 e. The number of nitrogens with zero attached hydrogens (tertiary/aromatic N) is 4. The molecule has 2 atom stereocenters. The summed E-state index contributed by atoms with van der Waals surface area (Å²) in [6, 6.07) is 9.29. The average Bonchev–Trinajstić information content (AvgIpc) is 2.99. The van der Waals surface area contributed by atoms with Crippen molar-refractivity contribution in [3.8, 4) is 5.88 Å². The van der Waals surface area contributed by atoms with Crippen LogP contribution in [0.15, 0.2) is 42.9 Å². The lowest BCUT2D eigenvalue weighted by Gasteiger charge is -2.31. The van der Waals surface area contributed by atoms with Crippen LogP contribution in [0.3, 0.4) is 0 Å². The van der Waals surface area contributed by atoms with Crippen LogP contribution in [0.2, 0.25) is 0 Å². The van der Waals surface area contributed by atoms with Crippen molar-refractivity contribution in [1.29, 1.82) is 0 Å². The van der Waals surface area contributed by atoms with Crippen molar-refractivity contribution in [3.05, 3.63) is 54.0 Å². The third-order valence-electron chi connectivity index (χ3n) is 4.87. The molecule has 2 aromatic rings. The number of hydrogen-bond donors (Lipinski definition) is 0. The number of rotatable bonds is 6. The Morgan fingerprint density at radius 3 is 2.79 bits per heavy atom. The molecule has 3 heterocycles. The van der Waals surface area contributed by atoms with Gasteiger partial charge in [-0.3, -0.25) is 9.88 Å². The quantitative estimate of drug-likeness (QED) is 0.814. The Morgan fingerprint density at radius 2 is 2.08 bits per heavy atom. The fourth-order valence-electron chi connectivity index (χ4n) is 3.67. The van der Waals surface area contributed by atoms with E-state index in [0.717, 1.165) is 31.0 Å². The second-order valence-corrected chi connectivity index (χ2v) is 6.59. The van der Waals surface area contributed by atoms with Gasteiger partial charge in [0.15, 0.2) is 0 Å². The zero-order valence-electron chi connectivity index (χ0n) is 14.7. The van der Waals surface area contributed by atoms with Gasteiger partial charge in [-0.2, -0.15) is 0 Å². The van der Waals surface area contributed by atoms with Crippen molar-refractivity contribution >= 4 is 0 Å². The van der Waals surface area contributed by atoms with E-state index in [9.17, 15) is 0 Å². The zero-order valence-corrected chi connectivity index (χ0v) is 14.7. The van der Waals surface area contributed by atoms with Gasteiger partial charge in [0.1, 0.15) is 0 Å². The van der Waals surface area contributed by atoms with E-state index in [0.29, 0.717) is 12.1 Å².